The van der Waals surface area contributed by atoms with E-state index in [0.29, 0.717) is 35.8 Å². The number of anilines is 1. The van der Waals surface area contributed by atoms with Crippen LogP contribution in [0, 0.1) is 5.82 Å². The summed E-state index contributed by atoms with van der Waals surface area (Å²) in [4.78, 5) is 4.55. The Hall–Kier alpha value is -2.91. The number of hydrogen-bond acceptors (Lipinski definition) is 5. The summed E-state index contributed by atoms with van der Waals surface area (Å²) in [6.07, 6.45) is 6.97. The van der Waals surface area contributed by atoms with E-state index >= 15 is 0 Å². The highest BCUT2D eigenvalue weighted by molar-refractivity contribution is 7.90. The maximum atomic E-state index is 15.0. The first-order valence-corrected chi connectivity index (χ1v) is 11.9. The lowest BCUT2D eigenvalue weighted by Gasteiger charge is -2.19. The van der Waals surface area contributed by atoms with E-state index in [-0.39, 0.29) is 5.69 Å². The Morgan fingerprint density at radius 2 is 1.75 bits per heavy atom. The average molecular weight is 460 g/mol. The van der Waals surface area contributed by atoms with Crippen LogP contribution in [0.5, 0.6) is 11.5 Å². The van der Waals surface area contributed by atoms with Gasteiger partial charge in [0.05, 0.1) is 25.6 Å². The molecule has 0 bridgehead atoms. The Morgan fingerprint density at radius 3 is 2.44 bits per heavy atom. The number of allylic oxidation sites excluding steroid dienone is 1. The number of benzene rings is 2. The van der Waals surface area contributed by atoms with Crippen LogP contribution in [0.4, 0.5) is 15.8 Å². The van der Waals surface area contributed by atoms with Crippen molar-refractivity contribution in [3.8, 4) is 11.5 Å². The fourth-order valence-corrected chi connectivity index (χ4v) is 5.25. The van der Waals surface area contributed by atoms with Crippen LogP contribution in [-0.4, -0.2) is 46.2 Å². The fourth-order valence-electron chi connectivity index (χ4n) is 3.94. The third-order valence-electron chi connectivity index (χ3n) is 5.59. The van der Waals surface area contributed by atoms with Gasteiger partial charge in [-0.3, -0.25) is 9.71 Å². The molecule has 0 amide bonds. The van der Waals surface area contributed by atoms with E-state index in [1.807, 2.05) is 18.4 Å². The van der Waals surface area contributed by atoms with Crippen molar-refractivity contribution in [2.75, 3.05) is 32.0 Å². The number of fused-ring (bicyclic) bond motifs is 1. The van der Waals surface area contributed by atoms with E-state index in [4.69, 9.17) is 9.47 Å². The number of nitrogens with one attached hydrogen (secondary N) is 1. The predicted octanol–water partition coefficient (Wildman–Crippen LogP) is 4.52. The molecule has 0 aliphatic carbocycles. The van der Waals surface area contributed by atoms with E-state index in [1.165, 1.54) is 16.4 Å². The SMILES string of the molecule is COc1cc2c(cc1OC)/C(c1ccc(NS(=O)(=O)N3CCCC3)c(F)c1)=C\CCC=N2. The van der Waals surface area contributed by atoms with Gasteiger partial charge in [-0.1, -0.05) is 12.1 Å². The minimum atomic E-state index is -3.77. The minimum absolute atomic E-state index is 0.0716. The zero-order valence-electron chi connectivity index (χ0n) is 18.1. The molecule has 2 aromatic rings. The standard InChI is InChI=1S/C23H26FN3O4S/c1-30-22-14-18-17(7-3-4-10-25-21(18)15-23(22)31-2)16-8-9-20(19(24)13-16)26-32(28,29)27-11-5-6-12-27/h7-10,13-15,26H,3-6,11-12H2,1-2H3/b17-7-,25-10?. The molecule has 170 valence electrons. The van der Waals surface area contributed by atoms with Gasteiger partial charge in [0.25, 0.3) is 0 Å². The molecular formula is C23H26FN3O4S. The van der Waals surface area contributed by atoms with Crippen LogP contribution in [0.25, 0.3) is 5.57 Å². The van der Waals surface area contributed by atoms with Crippen LogP contribution in [0.3, 0.4) is 0 Å². The molecule has 4 rings (SSSR count). The molecule has 0 unspecified atom stereocenters. The first-order chi connectivity index (χ1) is 15.4. The Labute approximate surface area is 187 Å². The molecule has 2 aliphatic heterocycles. The third kappa shape index (κ3) is 4.49. The van der Waals surface area contributed by atoms with Crippen molar-refractivity contribution >= 4 is 33.4 Å². The second-order valence-corrected chi connectivity index (χ2v) is 9.31. The van der Waals surface area contributed by atoms with Gasteiger partial charge in [-0.2, -0.15) is 12.7 Å². The van der Waals surface area contributed by atoms with Gasteiger partial charge < -0.3 is 9.47 Å². The summed E-state index contributed by atoms with van der Waals surface area (Å²) < 4.78 is 54.6. The molecule has 9 heteroatoms. The molecule has 1 N–H and O–H groups in total. The zero-order valence-corrected chi connectivity index (χ0v) is 18.9. The van der Waals surface area contributed by atoms with Gasteiger partial charge in [0, 0.05) is 30.9 Å². The third-order valence-corrected chi connectivity index (χ3v) is 7.11. The molecule has 7 nitrogen and oxygen atoms in total. The van der Waals surface area contributed by atoms with E-state index in [2.05, 4.69) is 9.71 Å². The summed E-state index contributed by atoms with van der Waals surface area (Å²) in [6.45, 7) is 0.898. The highest BCUT2D eigenvalue weighted by atomic mass is 32.2. The molecule has 0 radical (unpaired) electrons. The van der Waals surface area contributed by atoms with Crippen LogP contribution in [-0.2, 0) is 10.2 Å². The highest BCUT2D eigenvalue weighted by Crippen LogP contribution is 2.41. The van der Waals surface area contributed by atoms with E-state index in [1.54, 1.807) is 26.4 Å². The predicted molar refractivity (Wildman–Crippen MR) is 124 cm³/mol. The van der Waals surface area contributed by atoms with Gasteiger partial charge in [0.1, 0.15) is 5.82 Å². The highest BCUT2D eigenvalue weighted by Gasteiger charge is 2.26. The second-order valence-electron chi connectivity index (χ2n) is 7.64. The van der Waals surface area contributed by atoms with E-state index in [0.717, 1.165) is 36.8 Å². The van der Waals surface area contributed by atoms with E-state index < -0.39 is 16.0 Å². The number of hydrogen-bond donors (Lipinski definition) is 1. The number of rotatable bonds is 6. The molecule has 1 fully saturated rings. The van der Waals surface area contributed by atoms with Crippen LogP contribution >= 0.6 is 0 Å². The van der Waals surface area contributed by atoms with E-state index in [9.17, 15) is 12.8 Å². The van der Waals surface area contributed by atoms with Crippen molar-refractivity contribution in [3.05, 3.63) is 53.4 Å². The lowest BCUT2D eigenvalue weighted by molar-refractivity contribution is 0.355. The summed E-state index contributed by atoms with van der Waals surface area (Å²) in [7, 11) is -0.653. The van der Waals surface area contributed by atoms with Crippen molar-refractivity contribution in [3.63, 3.8) is 0 Å². The Balaban J connectivity index is 1.71. The van der Waals surface area contributed by atoms with Crippen molar-refractivity contribution in [2.45, 2.75) is 25.7 Å². The Morgan fingerprint density at radius 1 is 1.03 bits per heavy atom. The average Bonchev–Trinajstić information content (AvgIpc) is 3.31. The number of aliphatic imine (C=N–C) groups is 1. The molecular weight excluding hydrogens is 433 g/mol. The molecule has 2 heterocycles. The number of halogens is 1. The molecule has 0 aromatic heterocycles. The Kier molecular flexibility index (Phi) is 6.48. The topological polar surface area (TPSA) is 80.2 Å². The Bertz CT molecular complexity index is 1170. The monoisotopic (exact) mass is 459 g/mol. The van der Waals surface area contributed by atoms with Gasteiger partial charge in [-0.25, -0.2) is 4.39 Å². The number of nitrogens with zero attached hydrogens (tertiary/aromatic N) is 2. The molecule has 2 aromatic carbocycles. The molecule has 0 spiro atoms. The lowest BCUT2D eigenvalue weighted by atomic mass is 9.93. The summed E-state index contributed by atoms with van der Waals surface area (Å²) >= 11 is 0. The molecule has 1 saturated heterocycles. The second kappa shape index (κ2) is 9.30. The largest absolute Gasteiger partial charge is 0.493 e. The van der Waals surface area contributed by atoms with Crippen LogP contribution in [0.1, 0.15) is 36.8 Å². The van der Waals surface area contributed by atoms with Crippen molar-refractivity contribution in [2.24, 2.45) is 4.99 Å². The van der Waals surface area contributed by atoms with Gasteiger partial charge in [0.15, 0.2) is 11.5 Å². The lowest BCUT2D eigenvalue weighted by Crippen LogP contribution is -2.33. The normalized spacial score (nSPS) is 18.3. The summed E-state index contributed by atoms with van der Waals surface area (Å²) in [5.74, 6) is 0.461. The quantitative estimate of drug-likeness (QED) is 0.689. The van der Waals surface area contributed by atoms with Gasteiger partial charge >= 0.3 is 10.2 Å². The molecule has 0 saturated carbocycles. The van der Waals surface area contributed by atoms with Gasteiger partial charge in [-0.05, 0) is 55.0 Å². The molecule has 2 aliphatic rings. The maximum Gasteiger partial charge on any atom is 0.301 e. The summed E-state index contributed by atoms with van der Waals surface area (Å²) in [6, 6.07) is 8.13. The smallest absolute Gasteiger partial charge is 0.301 e. The summed E-state index contributed by atoms with van der Waals surface area (Å²) in [5.41, 5.74) is 2.82. The first kappa shape index (κ1) is 22.3. The molecule has 0 atom stereocenters. The van der Waals surface area contributed by atoms with Crippen LogP contribution in [0.2, 0.25) is 0 Å². The van der Waals surface area contributed by atoms with Crippen LogP contribution < -0.4 is 14.2 Å². The minimum Gasteiger partial charge on any atom is -0.493 e. The number of ether oxygens (including phenoxy) is 2. The van der Waals surface area contributed by atoms with Crippen molar-refractivity contribution in [1.82, 2.24) is 4.31 Å². The molecule has 32 heavy (non-hydrogen) atoms. The van der Waals surface area contributed by atoms with Crippen molar-refractivity contribution < 1.29 is 22.3 Å². The van der Waals surface area contributed by atoms with Crippen molar-refractivity contribution in [1.29, 1.82) is 0 Å². The number of methoxy groups -OCH3 is 2. The fraction of sp³-hybridized carbons (Fsp3) is 0.348. The van der Waals surface area contributed by atoms with Gasteiger partial charge in [0.2, 0.25) is 0 Å². The van der Waals surface area contributed by atoms with Gasteiger partial charge in [-0.15, -0.1) is 0 Å². The summed E-state index contributed by atoms with van der Waals surface area (Å²) in [5, 5.41) is 0. The first-order valence-electron chi connectivity index (χ1n) is 10.5. The maximum absolute atomic E-state index is 15.0. The van der Waals surface area contributed by atoms with Crippen LogP contribution in [0.15, 0.2) is 41.4 Å². The zero-order chi connectivity index (χ0) is 22.7.